The maximum absolute atomic E-state index is 13.4. The highest BCUT2D eigenvalue weighted by atomic mass is 19.4. The minimum Gasteiger partial charge on any atom is -0.466 e. The molecule has 1 aromatic carbocycles. The average molecular weight is 421 g/mol. The molecule has 0 aliphatic carbocycles. The molecule has 1 amide bonds. The van der Waals surface area contributed by atoms with E-state index in [0.29, 0.717) is 16.7 Å². The predicted molar refractivity (Wildman–Crippen MR) is 108 cm³/mol. The van der Waals surface area contributed by atoms with Gasteiger partial charge >= 0.3 is 6.18 Å². The van der Waals surface area contributed by atoms with Gasteiger partial charge in [0.2, 0.25) is 5.88 Å². The molecule has 0 atom stereocenters. The largest absolute Gasteiger partial charge is 0.466 e. The number of hydrogen-bond donors (Lipinski definition) is 1. The second kappa shape index (κ2) is 7.85. The van der Waals surface area contributed by atoms with Crippen molar-refractivity contribution in [2.24, 2.45) is 7.05 Å². The van der Waals surface area contributed by atoms with Crippen LogP contribution in [-0.2, 0) is 18.0 Å². The lowest BCUT2D eigenvalue weighted by atomic mass is 10.1. The van der Waals surface area contributed by atoms with Gasteiger partial charge in [-0.2, -0.15) is 13.2 Å². The highest BCUT2D eigenvalue weighted by molar-refractivity contribution is 5.93. The summed E-state index contributed by atoms with van der Waals surface area (Å²) in [7, 11) is 4.97. The SMILES string of the molecule is Cc1cc(C)c2c(OCC(=O)Nc3ccc(N(C)C)cc3C(F)(F)F)nn(C)c2n1. The fourth-order valence-corrected chi connectivity index (χ4v) is 3.12. The molecular weight excluding hydrogens is 399 g/mol. The third kappa shape index (κ3) is 4.32. The predicted octanol–water partition coefficient (Wildman–Crippen LogP) is 3.69. The van der Waals surface area contributed by atoms with Gasteiger partial charge in [0.25, 0.3) is 5.91 Å². The first-order chi connectivity index (χ1) is 14.0. The van der Waals surface area contributed by atoms with Gasteiger partial charge in [-0.1, -0.05) is 0 Å². The van der Waals surface area contributed by atoms with E-state index in [4.69, 9.17) is 4.74 Å². The number of pyridine rings is 1. The van der Waals surface area contributed by atoms with Crippen LogP contribution in [0.5, 0.6) is 5.88 Å². The molecule has 160 valence electrons. The van der Waals surface area contributed by atoms with Gasteiger partial charge in [0, 0.05) is 32.5 Å². The zero-order valence-electron chi connectivity index (χ0n) is 17.3. The van der Waals surface area contributed by atoms with E-state index in [1.165, 1.54) is 16.8 Å². The number of aromatic nitrogens is 3. The first kappa shape index (κ1) is 21.4. The molecule has 0 radical (unpaired) electrons. The van der Waals surface area contributed by atoms with Crippen molar-refractivity contribution in [3.8, 4) is 5.88 Å². The zero-order chi connectivity index (χ0) is 22.2. The Morgan fingerprint density at radius 2 is 1.93 bits per heavy atom. The summed E-state index contributed by atoms with van der Waals surface area (Å²) in [6.45, 7) is 3.23. The van der Waals surface area contributed by atoms with Crippen molar-refractivity contribution >= 4 is 28.3 Å². The third-order valence-corrected chi connectivity index (χ3v) is 4.53. The lowest BCUT2D eigenvalue weighted by Gasteiger charge is -2.18. The number of benzene rings is 1. The maximum Gasteiger partial charge on any atom is 0.418 e. The van der Waals surface area contributed by atoms with E-state index >= 15 is 0 Å². The van der Waals surface area contributed by atoms with Crippen LogP contribution < -0.4 is 15.0 Å². The average Bonchev–Trinajstić information content (AvgIpc) is 2.95. The Labute approximate surface area is 171 Å². The normalized spacial score (nSPS) is 11.6. The molecule has 0 bridgehead atoms. The number of ether oxygens (including phenoxy) is 1. The van der Waals surface area contributed by atoms with Gasteiger partial charge in [-0.25, -0.2) is 9.67 Å². The second-order valence-electron chi connectivity index (χ2n) is 7.17. The van der Waals surface area contributed by atoms with Crippen molar-refractivity contribution in [2.45, 2.75) is 20.0 Å². The molecule has 0 saturated carbocycles. The summed E-state index contributed by atoms with van der Waals surface area (Å²) in [5.41, 5.74) is 1.39. The molecule has 10 heteroatoms. The molecule has 0 unspecified atom stereocenters. The first-order valence-corrected chi connectivity index (χ1v) is 9.09. The Hall–Kier alpha value is -3.30. The van der Waals surface area contributed by atoms with Crippen LogP contribution in [0.25, 0.3) is 11.0 Å². The van der Waals surface area contributed by atoms with Crippen molar-refractivity contribution in [3.63, 3.8) is 0 Å². The van der Waals surface area contributed by atoms with E-state index in [1.54, 1.807) is 26.0 Å². The molecule has 0 fully saturated rings. The number of carbonyl (C=O) groups excluding carboxylic acids is 1. The van der Waals surface area contributed by atoms with Crippen LogP contribution in [0.4, 0.5) is 24.5 Å². The minimum atomic E-state index is -4.62. The summed E-state index contributed by atoms with van der Waals surface area (Å²) in [5, 5.41) is 7.16. The number of hydrogen-bond acceptors (Lipinski definition) is 5. The van der Waals surface area contributed by atoms with Crippen molar-refractivity contribution in [1.29, 1.82) is 0 Å². The molecule has 0 aliphatic heterocycles. The Morgan fingerprint density at radius 3 is 2.57 bits per heavy atom. The number of aryl methyl sites for hydroxylation is 3. The monoisotopic (exact) mass is 421 g/mol. The van der Waals surface area contributed by atoms with Gasteiger partial charge in [0.1, 0.15) is 0 Å². The molecule has 1 N–H and O–H groups in total. The Balaban J connectivity index is 1.80. The third-order valence-electron chi connectivity index (χ3n) is 4.53. The molecule has 0 saturated heterocycles. The van der Waals surface area contributed by atoms with Crippen LogP contribution in [-0.4, -0.2) is 41.4 Å². The topological polar surface area (TPSA) is 72.3 Å². The quantitative estimate of drug-likeness (QED) is 0.680. The van der Waals surface area contributed by atoms with Crippen LogP contribution in [0, 0.1) is 13.8 Å². The molecule has 0 aliphatic rings. The van der Waals surface area contributed by atoms with Crippen LogP contribution in [0.3, 0.4) is 0 Å². The summed E-state index contributed by atoms with van der Waals surface area (Å²) in [4.78, 5) is 18.3. The number of halogens is 3. The summed E-state index contributed by atoms with van der Waals surface area (Å²) in [6.07, 6.45) is -4.62. The number of nitrogens with one attached hydrogen (secondary N) is 1. The Morgan fingerprint density at radius 1 is 1.23 bits per heavy atom. The summed E-state index contributed by atoms with van der Waals surface area (Å²) in [6, 6.07) is 5.57. The standard InChI is InChI=1S/C20H22F3N5O2/c1-11-8-12(2)24-18-17(11)19(26-28(18)5)30-10-16(29)25-15-7-6-13(27(3)4)9-14(15)20(21,22)23/h6-9H,10H2,1-5H3,(H,25,29). The summed E-state index contributed by atoms with van der Waals surface area (Å²) in [5.74, 6) is -0.527. The van der Waals surface area contributed by atoms with Crippen LogP contribution in [0.1, 0.15) is 16.8 Å². The highest BCUT2D eigenvalue weighted by Gasteiger charge is 2.34. The van der Waals surface area contributed by atoms with Gasteiger partial charge in [0.15, 0.2) is 12.3 Å². The molecule has 2 aromatic heterocycles. The number of nitrogens with zero attached hydrogens (tertiary/aromatic N) is 4. The molecule has 2 heterocycles. The molecule has 3 rings (SSSR count). The Kier molecular flexibility index (Phi) is 5.60. The van der Waals surface area contributed by atoms with Crippen molar-refractivity contribution in [1.82, 2.24) is 14.8 Å². The lowest BCUT2D eigenvalue weighted by Crippen LogP contribution is -2.23. The molecule has 0 spiro atoms. The Bertz CT molecular complexity index is 1110. The summed E-state index contributed by atoms with van der Waals surface area (Å²) < 4.78 is 47.3. The van der Waals surface area contributed by atoms with Crippen molar-refractivity contribution in [2.75, 3.05) is 30.9 Å². The van der Waals surface area contributed by atoms with Crippen LogP contribution in [0.2, 0.25) is 0 Å². The van der Waals surface area contributed by atoms with Gasteiger partial charge in [-0.05, 0) is 43.7 Å². The second-order valence-corrected chi connectivity index (χ2v) is 7.17. The van der Waals surface area contributed by atoms with E-state index in [2.05, 4.69) is 15.4 Å². The van der Waals surface area contributed by atoms with Crippen LogP contribution >= 0.6 is 0 Å². The van der Waals surface area contributed by atoms with E-state index in [-0.39, 0.29) is 11.6 Å². The van der Waals surface area contributed by atoms with Gasteiger partial charge in [0.05, 0.1) is 16.6 Å². The highest BCUT2D eigenvalue weighted by Crippen LogP contribution is 2.37. The number of anilines is 2. The fraction of sp³-hybridized carbons (Fsp3) is 0.350. The van der Waals surface area contributed by atoms with E-state index in [1.807, 2.05) is 19.9 Å². The number of amides is 1. The summed E-state index contributed by atoms with van der Waals surface area (Å²) >= 11 is 0. The number of carbonyl (C=O) groups is 1. The number of alkyl halides is 3. The van der Waals surface area contributed by atoms with Gasteiger partial charge < -0.3 is 15.0 Å². The van der Waals surface area contributed by atoms with Gasteiger partial charge in [-0.3, -0.25) is 4.79 Å². The smallest absolute Gasteiger partial charge is 0.418 e. The molecule has 7 nitrogen and oxygen atoms in total. The first-order valence-electron chi connectivity index (χ1n) is 9.09. The molecule has 3 aromatic rings. The van der Waals surface area contributed by atoms with E-state index < -0.39 is 24.3 Å². The van der Waals surface area contributed by atoms with Crippen molar-refractivity contribution < 1.29 is 22.7 Å². The molecule has 30 heavy (non-hydrogen) atoms. The van der Waals surface area contributed by atoms with Crippen LogP contribution in [0.15, 0.2) is 24.3 Å². The molecular formula is C20H22F3N5O2. The number of fused-ring (bicyclic) bond motifs is 1. The van der Waals surface area contributed by atoms with Crippen molar-refractivity contribution in [3.05, 3.63) is 41.1 Å². The maximum atomic E-state index is 13.4. The number of rotatable bonds is 5. The van der Waals surface area contributed by atoms with E-state index in [9.17, 15) is 18.0 Å². The van der Waals surface area contributed by atoms with E-state index in [0.717, 1.165) is 17.3 Å². The lowest BCUT2D eigenvalue weighted by molar-refractivity contribution is -0.137. The minimum absolute atomic E-state index is 0.201. The fourth-order valence-electron chi connectivity index (χ4n) is 3.12. The van der Waals surface area contributed by atoms with Gasteiger partial charge in [-0.15, -0.1) is 5.10 Å². The zero-order valence-corrected chi connectivity index (χ0v) is 17.3.